The van der Waals surface area contributed by atoms with Crippen molar-refractivity contribution in [2.75, 3.05) is 0 Å². The van der Waals surface area contributed by atoms with Gasteiger partial charge in [0.25, 0.3) is 0 Å². The van der Waals surface area contributed by atoms with E-state index in [0.717, 1.165) is 9.26 Å². The number of aromatic nitrogens is 2. The van der Waals surface area contributed by atoms with Crippen molar-refractivity contribution in [3.05, 3.63) is 9.26 Å². The summed E-state index contributed by atoms with van der Waals surface area (Å²) in [7, 11) is -3.36. The molecule has 0 spiro atoms. The largest absolute Gasteiger partial charge is 0.531 e. The van der Waals surface area contributed by atoms with Gasteiger partial charge in [-0.15, -0.1) is 0 Å². The molecule has 1 heterocycles. The van der Waals surface area contributed by atoms with Crippen LogP contribution >= 0.6 is 22.6 Å². The van der Waals surface area contributed by atoms with Crippen molar-refractivity contribution in [1.82, 2.24) is 9.97 Å². The van der Waals surface area contributed by atoms with Crippen LogP contribution < -0.4 is 8.85 Å². The second kappa shape index (κ2) is 5.45. The SMILES string of the molecule is Cc1nc(O[Si](C)(C)C)nc(O[Si](C)(C)C)c1I. The maximum absolute atomic E-state index is 5.98. The summed E-state index contributed by atoms with van der Waals surface area (Å²) in [5, 5.41) is 0. The molecule has 0 radical (unpaired) electrons. The summed E-state index contributed by atoms with van der Waals surface area (Å²) in [4.78, 5) is 8.79. The fourth-order valence-electron chi connectivity index (χ4n) is 1.19. The molecule has 0 N–H and O–H groups in total. The van der Waals surface area contributed by atoms with Gasteiger partial charge in [0.15, 0.2) is 0 Å². The Morgan fingerprint density at radius 2 is 1.39 bits per heavy atom. The molecule has 0 aliphatic rings. The molecule has 0 aromatic carbocycles. The molecule has 0 bridgehead atoms. The lowest BCUT2D eigenvalue weighted by Gasteiger charge is -2.22. The van der Waals surface area contributed by atoms with Crippen molar-refractivity contribution in [3.8, 4) is 11.9 Å². The van der Waals surface area contributed by atoms with Crippen LogP contribution in [0, 0.1) is 10.5 Å². The third-order valence-electron chi connectivity index (χ3n) is 1.77. The molecule has 0 fully saturated rings. The molecule has 18 heavy (non-hydrogen) atoms. The van der Waals surface area contributed by atoms with Gasteiger partial charge < -0.3 is 8.85 Å². The Hall–Kier alpha value is -0.156. The van der Waals surface area contributed by atoms with Crippen LogP contribution in [0.5, 0.6) is 11.9 Å². The van der Waals surface area contributed by atoms with Gasteiger partial charge in [0.05, 0.1) is 9.26 Å². The van der Waals surface area contributed by atoms with E-state index in [9.17, 15) is 0 Å². The molecule has 0 aliphatic carbocycles. The van der Waals surface area contributed by atoms with E-state index in [0.29, 0.717) is 11.9 Å². The predicted octanol–water partition coefficient (Wildman–Crippen LogP) is 3.82. The minimum absolute atomic E-state index is 0.445. The zero-order valence-electron chi connectivity index (χ0n) is 12.1. The predicted molar refractivity (Wildman–Crippen MR) is 87.4 cm³/mol. The van der Waals surface area contributed by atoms with E-state index in [-0.39, 0.29) is 0 Å². The fourth-order valence-corrected chi connectivity index (χ4v) is 3.11. The summed E-state index contributed by atoms with van der Waals surface area (Å²) >= 11 is 2.23. The lowest BCUT2D eigenvalue weighted by molar-refractivity contribution is 0.470. The van der Waals surface area contributed by atoms with Gasteiger partial charge in [-0.05, 0) is 68.8 Å². The first kappa shape index (κ1) is 15.9. The van der Waals surface area contributed by atoms with E-state index in [1.807, 2.05) is 6.92 Å². The van der Waals surface area contributed by atoms with E-state index in [1.54, 1.807) is 0 Å². The highest BCUT2D eigenvalue weighted by atomic mass is 127. The third kappa shape index (κ3) is 5.23. The second-order valence-electron chi connectivity index (χ2n) is 6.14. The lowest BCUT2D eigenvalue weighted by atomic mass is 10.4. The molecule has 102 valence electrons. The zero-order chi connectivity index (χ0) is 14.1. The number of rotatable bonds is 4. The zero-order valence-corrected chi connectivity index (χ0v) is 16.2. The van der Waals surface area contributed by atoms with Crippen molar-refractivity contribution in [3.63, 3.8) is 0 Å². The van der Waals surface area contributed by atoms with Gasteiger partial charge in [-0.3, -0.25) is 0 Å². The van der Waals surface area contributed by atoms with Crippen LogP contribution in [0.1, 0.15) is 5.69 Å². The summed E-state index contributed by atoms with van der Waals surface area (Å²) in [6, 6.07) is 0.445. The monoisotopic (exact) mass is 396 g/mol. The average Bonchev–Trinajstić information content (AvgIpc) is 2.08. The van der Waals surface area contributed by atoms with Crippen molar-refractivity contribution in [1.29, 1.82) is 0 Å². The van der Waals surface area contributed by atoms with Gasteiger partial charge in [-0.1, -0.05) is 0 Å². The fraction of sp³-hybridized carbons (Fsp3) is 0.636. The minimum Gasteiger partial charge on any atom is -0.531 e. The average molecular weight is 396 g/mol. The minimum atomic E-state index is -1.69. The van der Waals surface area contributed by atoms with Gasteiger partial charge in [0.2, 0.25) is 22.5 Å². The number of nitrogens with zero attached hydrogens (tertiary/aromatic N) is 2. The maximum Gasteiger partial charge on any atom is 0.306 e. The Morgan fingerprint density at radius 1 is 0.889 bits per heavy atom. The molecule has 1 aromatic rings. The Labute approximate surface area is 125 Å². The van der Waals surface area contributed by atoms with E-state index in [1.165, 1.54) is 0 Å². The van der Waals surface area contributed by atoms with Gasteiger partial charge >= 0.3 is 6.01 Å². The van der Waals surface area contributed by atoms with Crippen molar-refractivity contribution in [2.24, 2.45) is 0 Å². The summed E-state index contributed by atoms with van der Waals surface area (Å²) in [5.74, 6) is 0.663. The number of hydrogen-bond donors (Lipinski definition) is 0. The molecular weight excluding hydrogens is 375 g/mol. The molecule has 4 nitrogen and oxygen atoms in total. The molecule has 1 rings (SSSR count). The normalized spacial score (nSPS) is 12.4. The lowest BCUT2D eigenvalue weighted by Crippen LogP contribution is -2.32. The molecule has 7 heteroatoms. The van der Waals surface area contributed by atoms with Gasteiger partial charge in [-0.25, -0.2) is 4.98 Å². The van der Waals surface area contributed by atoms with Gasteiger partial charge in [0.1, 0.15) is 0 Å². The Kier molecular flexibility index (Phi) is 4.82. The molecule has 0 saturated heterocycles. The van der Waals surface area contributed by atoms with Gasteiger partial charge in [-0.2, -0.15) is 4.98 Å². The highest BCUT2D eigenvalue weighted by molar-refractivity contribution is 14.1. The summed E-state index contributed by atoms with van der Waals surface area (Å²) in [5.41, 5.74) is 0.909. The first-order valence-corrected chi connectivity index (χ1v) is 13.8. The topological polar surface area (TPSA) is 44.2 Å². The molecule has 1 aromatic heterocycles. The van der Waals surface area contributed by atoms with Crippen LogP contribution in [0.2, 0.25) is 39.3 Å². The summed E-state index contributed by atoms with van der Waals surface area (Å²) in [6.07, 6.45) is 0. The first-order chi connectivity index (χ1) is 7.98. The number of aryl methyl sites for hydroxylation is 1. The van der Waals surface area contributed by atoms with E-state index in [2.05, 4.69) is 71.8 Å². The number of hydrogen-bond acceptors (Lipinski definition) is 4. The quantitative estimate of drug-likeness (QED) is 0.573. The maximum atomic E-state index is 5.98. The van der Waals surface area contributed by atoms with E-state index >= 15 is 0 Å². The van der Waals surface area contributed by atoms with E-state index < -0.39 is 16.6 Å². The highest BCUT2D eigenvalue weighted by Crippen LogP contribution is 2.26. The van der Waals surface area contributed by atoms with Crippen LogP contribution in [-0.4, -0.2) is 26.6 Å². The molecule has 0 aliphatic heterocycles. The van der Waals surface area contributed by atoms with Gasteiger partial charge in [0, 0.05) is 0 Å². The first-order valence-electron chi connectivity index (χ1n) is 5.90. The van der Waals surface area contributed by atoms with Crippen LogP contribution in [0.4, 0.5) is 0 Å². The molecule has 0 amide bonds. The molecular formula is C11H21IN2O2Si2. The standard InChI is InChI=1S/C11H21IN2O2Si2/c1-8-9(12)10(15-17(2,3)4)14-11(13-8)16-18(5,6)7/h1-7H3. The second-order valence-corrected chi connectivity index (χ2v) is 16.1. The third-order valence-corrected chi connectivity index (χ3v) is 4.61. The Balaban J connectivity index is 3.11. The highest BCUT2D eigenvalue weighted by Gasteiger charge is 2.23. The van der Waals surface area contributed by atoms with Crippen molar-refractivity contribution >= 4 is 39.2 Å². The van der Waals surface area contributed by atoms with Crippen LogP contribution in [0.25, 0.3) is 0 Å². The Bertz CT molecular complexity index is 442. The number of halogens is 1. The molecule has 0 saturated carbocycles. The smallest absolute Gasteiger partial charge is 0.306 e. The van der Waals surface area contributed by atoms with Crippen molar-refractivity contribution < 1.29 is 8.85 Å². The van der Waals surface area contributed by atoms with E-state index in [4.69, 9.17) is 8.85 Å². The van der Waals surface area contributed by atoms with Crippen molar-refractivity contribution in [2.45, 2.75) is 46.2 Å². The van der Waals surface area contributed by atoms with Crippen LogP contribution in [0.3, 0.4) is 0 Å². The van der Waals surface area contributed by atoms with Crippen LogP contribution in [-0.2, 0) is 0 Å². The molecule has 0 unspecified atom stereocenters. The summed E-state index contributed by atoms with van der Waals surface area (Å²) in [6.45, 7) is 14.7. The molecule has 0 atom stereocenters. The summed E-state index contributed by atoms with van der Waals surface area (Å²) < 4.78 is 12.8. The Morgan fingerprint density at radius 3 is 1.83 bits per heavy atom. The van der Waals surface area contributed by atoms with Crippen LogP contribution in [0.15, 0.2) is 0 Å².